The van der Waals surface area contributed by atoms with Crippen LogP contribution >= 0.6 is 0 Å². The summed E-state index contributed by atoms with van der Waals surface area (Å²) in [5.74, 6) is 3.13. The lowest BCUT2D eigenvalue weighted by Crippen LogP contribution is -2.43. The minimum absolute atomic E-state index is 0.489. The van der Waals surface area contributed by atoms with Crippen LogP contribution in [-0.2, 0) is 4.79 Å². The number of allylic oxidation sites excluding steroid dienone is 2. The first kappa shape index (κ1) is 14.4. The first-order chi connectivity index (χ1) is 9.59. The number of Topliss-reactive ketones (excluding diaryl/α,β-unsaturated/α-hetero) is 1. The highest BCUT2D eigenvalue weighted by atomic mass is 16.1. The van der Waals surface area contributed by atoms with Crippen molar-refractivity contribution >= 4 is 5.78 Å². The molecule has 0 aliphatic heterocycles. The Hall–Kier alpha value is -0.590. The van der Waals surface area contributed by atoms with Gasteiger partial charge in [0.1, 0.15) is 5.78 Å². The summed E-state index contributed by atoms with van der Waals surface area (Å²) in [4.78, 5) is 11.7. The Morgan fingerprint density at radius 2 is 1.95 bits per heavy atom. The molecular formula is C19H30O. The van der Waals surface area contributed by atoms with Gasteiger partial charge in [-0.3, -0.25) is 4.79 Å². The zero-order valence-electron chi connectivity index (χ0n) is 13.5. The van der Waals surface area contributed by atoms with Gasteiger partial charge in [-0.25, -0.2) is 0 Å². The Balaban J connectivity index is 1.89. The topological polar surface area (TPSA) is 17.1 Å². The van der Waals surface area contributed by atoms with Crippen LogP contribution in [0.3, 0.4) is 0 Å². The lowest BCUT2D eigenvalue weighted by atomic mass is 9.52. The molecule has 0 aromatic carbocycles. The van der Waals surface area contributed by atoms with Crippen LogP contribution in [0.25, 0.3) is 0 Å². The Bertz CT molecular complexity index is 433. The van der Waals surface area contributed by atoms with E-state index in [1.165, 1.54) is 38.5 Å². The first-order valence-corrected chi connectivity index (χ1v) is 8.81. The Morgan fingerprint density at radius 3 is 2.65 bits per heavy atom. The third-order valence-corrected chi connectivity index (χ3v) is 6.97. The predicted molar refractivity (Wildman–Crippen MR) is 83.5 cm³/mol. The van der Waals surface area contributed by atoms with E-state index < -0.39 is 0 Å². The van der Waals surface area contributed by atoms with E-state index >= 15 is 0 Å². The zero-order chi connectivity index (χ0) is 14.3. The van der Waals surface area contributed by atoms with Crippen LogP contribution in [0.1, 0.15) is 78.6 Å². The molecular weight excluding hydrogens is 244 g/mol. The van der Waals surface area contributed by atoms with Gasteiger partial charge in [0, 0.05) is 12.8 Å². The molecule has 3 aliphatic carbocycles. The largest absolute Gasteiger partial charge is 0.299 e. The van der Waals surface area contributed by atoms with E-state index in [9.17, 15) is 4.79 Å². The molecule has 0 bridgehead atoms. The van der Waals surface area contributed by atoms with Gasteiger partial charge in [0.25, 0.3) is 0 Å². The zero-order valence-corrected chi connectivity index (χ0v) is 13.5. The molecule has 0 N–H and O–H groups in total. The van der Waals surface area contributed by atoms with Gasteiger partial charge in [0.2, 0.25) is 0 Å². The molecule has 0 radical (unpaired) electrons. The molecule has 4 atom stereocenters. The number of rotatable bonds is 2. The molecule has 1 heteroatoms. The van der Waals surface area contributed by atoms with Crippen molar-refractivity contribution in [3.05, 3.63) is 11.1 Å². The van der Waals surface area contributed by atoms with E-state index in [0.29, 0.717) is 11.2 Å². The molecule has 1 nitrogen and oxygen atoms in total. The van der Waals surface area contributed by atoms with Crippen LogP contribution in [0.2, 0.25) is 0 Å². The third-order valence-electron chi connectivity index (χ3n) is 6.97. The van der Waals surface area contributed by atoms with E-state index in [0.717, 1.165) is 37.0 Å². The number of hydrogen-bond acceptors (Lipinski definition) is 1. The second kappa shape index (κ2) is 5.31. The van der Waals surface area contributed by atoms with Crippen molar-refractivity contribution in [3.63, 3.8) is 0 Å². The van der Waals surface area contributed by atoms with Crippen molar-refractivity contribution in [1.82, 2.24) is 0 Å². The third kappa shape index (κ3) is 2.18. The van der Waals surface area contributed by atoms with Gasteiger partial charge in [0.05, 0.1) is 0 Å². The lowest BCUT2D eigenvalue weighted by molar-refractivity contribution is -0.119. The van der Waals surface area contributed by atoms with Gasteiger partial charge in [-0.1, -0.05) is 44.8 Å². The van der Waals surface area contributed by atoms with Gasteiger partial charge in [-0.15, -0.1) is 0 Å². The minimum Gasteiger partial charge on any atom is -0.299 e. The van der Waals surface area contributed by atoms with Crippen molar-refractivity contribution in [2.24, 2.45) is 23.2 Å². The normalized spacial score (nSPS) is 41.4. The van der Waals surface area contributed by atoms with Gasteiger partial charge in [0.15, 0.2) is 0 Å². The lowest BCUT2D eigenvalue weighted by Gasteiger charge is -2.53. The average molecular weight is 274 g/mol. The fourth-order valence-electron chi connectivity index (χ4n) is 5.68. The summed E-state index contributed by atoms with van der Waals surface area (Å²) >= 11 is 0. The quantitative estimate of drug-likeness (QED) is 0.625. The van der Waals surface area contributed by atoms with Crippen LogP contribution in [0.4, 0.5) is 0 Å². The van der Waals surface area contributed by atoms with Gasteiger partial charge in [-0.05, 0) is 55.3 Å². The summed E-state index contributed by atoms with van der Waals surface area (Å²) in [6.45, 7) is 7.32. The molecule has 0 amide bonds. The number of carbonyl (C=O) groups excluding carboxylic acids is 1. The Kier molecular flexibility index (Phi) is 3.81. The summed E-state index contributed by atoms with van der Waals surface area (Å²) in [6.07, 6.45) is 10.7. The summed E-state index contributed by atoms with van der Waals surface area (Å²) in [7, 11) is 0. The molecule has 0 unspecified atom stereocenters. The van der Waals surface area contributed by atoms with Crippen molar-refractivity contribution in [1.29, 1.82) is 0 Å². The van der Waals surface area contributed by atoms with Crippen LogP contribution in [0, 0.1) is 23.2 Å². The molecule has 1 fully saturated rings. The van der Waals surface area contributed by atoms with Crippen LogP contribution < -0.4 is 0 Å². The molecule has 0 aromatic heterocycles. The number of carbonyl (C=O) groups is 1. The van der Waals surface area contributed by atoms with Crippen LogP contribution in [0.5, 0.6) is 0 Å². The molecule has 0 spiro atoms. The van der Waals surface area contributed by atoms with Crippen molar-refractivity contribution in [2.45, 2.75) is 78.6 Å². The first-order valence-electron chi connectivity index (χ1n) is 8.81. The standard InChI is InChI=1S/C19H30O/c1-4-18-17-8-6-13-12-14(20)7-9-15(13)16(17)10-11-19(18,3)5-2/h16-18H,4-12H2,1-3H3/t16-,17-,18+,19+/m1/s1. The van der Waals surface area contributed by atoms with Gasteiger partial charge in [-0.2, -0.15) is 0 Å². The fraction of sp³-hybridized carbons (Fsp3) is 0.842. The van der Waals surface area contributed by atoms with E-state index in [-0.39, 0.29) is 0 Å². The van der Waals surface area contributed by atoms with E-state index in [2.05, 4.69) is 20.8 Å². The summed E-state index contributed by atoms with van der Waals surface area (Å²) < 4.78 is 0. The second-order valence-electron chi connectivity index (χ2n) is 7.71. The van der Waals surface area contributed by atoms with E-state index in [1.807, 2.05) is 0 Å². The predicted octanol–water partition coefficient (Wildman–Crippen LogP) is 5.30. The minimum atomic E-state index is 0.489. The van der Waals surface area contributed by atoms with Crippen molar-refractivity contribution < 1.29 is 4.79 Å². The highest BCUT2D eigenvalue weighted by Gasteiger charge is 2.47. The summed E-state index contributed by atoms with van der Waals surface area (Å²) in [5, 5.41) is 0. The monoisotopic (exact) mass is 274 g/mol. The van der Waals surface area contributed by atoms with Gasteiger partial charge < -0.3 is 0 Å². The smallest absolute Gasteiger partial charge is 0.137 e. The molecule has 112 valence electrons. The maximum atomic E-state index is 11.7. The SMILES string of the molecule is CC[C@H]1[C@@H]2CCC3=C(CCC(=O)C3)[C@H]2CC[C@]1(C)CC. The van der Waals surface area contributed by atoms with Crippen molar-refractivity contribution in [3.8, 4) is 0 Å². The Morgan fingerprint density at radius 1 is 1.15 bits per heavy atom. The molecule has 3 aliphatic rings. The van der Waals surface area contributed by atoms with Crippen LogP contribution in [-0.4, -0.2) is 5.78 Å². The molecule has 0 saturated heterocycles. The van der Waals surface area contributed by atoms with Gasteiger partial charge >= 0.3 is 0 Å². The molecule has 1 saturated carbocycles. The Labute approximate surface area is 124 Å². The average Bonchev–Trinajstić information content (AvgIpc) is 2.46. The molecule has 3 rings (SSSR count). The van der Waals surface area contributed by atoms with Crippen LogP contribution in [0.15, 0.2) is 11.1 Å². The number of fused-ring (bicyclic) bond motifs is 2. The summed E-state index contributed by atoms with van der Waals surface area (Å²) in [6, 6.07) is 0. The van der Waals surface area contributed by atoms with Crippen molar-refractivity contribution in [2.75, 3.05) is 0 Å². The van der Waals surface area contributed by atoms with E-state index in [1.54, 1.807) is 11.1 Å². The molecule has 20 heavy (non-hydrogen) atoms. The number of ketones is 1. The van der Waals surface area contributed by atoms with E-state index in [4.69, 9.17) is 0 Å². The second-order valence-corrected chi connectivity index (χ2v) is 7.71. The fourth-order valence-corrected chi connectivity index (χ4v) is 5.68. The maximum Gasteiger partial charge on any atom is 0.137 e. The highest BCUT2D eigenvalue weighted by Crippen LogP contribution is 2.57. The maximum absolute atomic E-state index is 11.7. The molecule has 0 heterocycles. The highest BCUT2D eigenvalue weighted by molar-refractivity contribution is 5.82. The summed E-state index contributed by atoms with van der Waals surface area (Å²) in [5.41, 5.74) is 3.85. The molecule has 0 aromatic rings. The number of hydrogen-bond donors (Lipinski definition) is 0.